The van der Waals surface area contributed by atoms with Gasteiger partial charge in [-0.2, -0.15) is 5.10 Å². The van der Waals surface area contributed by atoms with E-state index < -0.39 is 5.97 Å². The van der Waals surface area contributed by atoms with Crippen molar-refractivity contribution in [2.45, 2.75) is 6.92 Å². The smallest absolute Gasteiger partial charge is 0.356 e. The zero-order valence-corrected chi connectivity index (χ0v) is 6.90. The van der Waals surface area contributed by atoms with Crippen LogP contribution in [-0.4, -0.2) is 26.3 Å². The van der Waals surface area contributed by atoms with Crippen LogP contribution in [0.15, 0.2) is 12.4 Å². The van der Waals surface area contributed by atoms with Gasteiger partial charge in [-0.25, -0.2) is 9.78 Å². The molecule has 0 aromatic carbocycles. The third-order valence-corrected chi connectivity index (χ3v) is 1.89. The topological polar surface area (TPSA) is 78.9 Å². The molecule has 0 saturated carbocycles. The number of carboxylic acid groups (broad SMARTS) is 1. The summed E-state index contributed by atoms with van der Waals surface area (Å²) in [6.45, 7) is 1.86. The van der Waals surface area contributed by atoms with Crippen LogP contribution in [-0.2, 0) is 0 Å². The quantitative estimate of drug-likeness (QED) is 0.680. The molecule has 5 heteroatoms. The van der Waals surface area contributed by atoms with Crippen LogP contribution >= 0.6 is 0 Å². The minimum atomic E-state index is -1.05. The largest absolute Gasteiger partial charge is 0.476 e. The Morgan fingerprint density at radius 2 is 2.31 bits per heavy atom. The number of nitrogens with zero attached hydrogens (tertiary/aromatic N) is 2. The molecule has 0 unspecified atom stereocenters. The summed E-state index contributed by atoms with van der Waals surface area (Å²) < 4.78 is 0. The summed E-state index contributed by atoms with van der Waals surface area (Å²) in [6.07, 6.45) is 3.13. The van der Waals surface area contributed by atoms with Crippen LogP contribution in [0.3, 0.4) is 0 Å². The van der Waals surface area contributed by atoms with Crippen molar-refractivity contribution in [2.75, 3.05) is 0 Å². The van der Waals surface area contributed by atoms with Gasteiger partial charge in [-0.1, -0.05) is 0 Å². The maximum atomic E-state index is 10.7. The van der Waals surface area contributed by atoms with Gasteiger partial charge in [0.05, 0.1) is 11.7 Å². The normalized spacial score (nSPS) is 10.5. The van der Waals surface area contributed by atoms with Gasteiger partial charge in [0.25, 0.3) is 0 Å². The number of aromatic nitrogens is 3. The van der Waals surface area contributed by atoms with Crippen LogP contribution in [0.1, 0.15) is 16.1 Å². The summed E-state index contributed by atoms with van der Waals surface area (Å²) in [4.78, 5) is 14.5. The minimum absolute atomic E-state index is 0.0121. The van der Waals surface area contributed by atoms with Gasteiger partial charge in [-0.05, 0) is 12.5 Å². The van der Waals surface area contributed by atoms with E-state index in [1.165, 1.54) is 6.20 Å². The van der Waals surface area contributed by atoms with Gasteiger partial charge >= 0.3 is 5.97 Å². The third kappa shape index (κ3) is 1.05. The SMILES string of the molecule is Cc1cnc(C(=O)O)c2[nH]ncc12. The van der Waals surface area contributed by atoms with Crippen molar-refractivity contribution in [3.05, 3.63) is 23.7 Å². The number of carbonyl (C=O) groups is 1. The molecule has 0 saturated heterocycles. The number of H-pyrrole nitrogens is 1. The Bertz CT molecular complexity index is 475. The lowest BCUT2D eigenvalue weighted by atomic mass is 10.2. The van der Waals surface area contributed by atoms with Gasteiger partial charge in [0.15, 0.2) is 5.69 Å². The second-order valence-electron chi connectivity index (χ2n) is 2.75. The number of hydrogen-bond donors (Lipinski definition) is 2. The molecule has 2 rings (SSSR count). The van der Waals surface area contributed by atoms with Crippen LogP contribution in [0, 0.1) is 6.92 Å². The maximum Gasteiger partial charge on any atom is 0.356 e. The molecule has 2 heterocycles. The molecule has 0 aliphatic rings. The van der Waals surface area contributed by atoms with E-state index >= 15 is 0 Å². The molecule has 0 atom stereocenters. The molecule has 5 nitrogen and oxygen atoms in total. The number of aromatic carboxylic acids is 1. The highest BCUT2D eigenvalue weighted by molar-refractivity contribution is 6.00. The third-order valence-electron chi connectivity index (χ3n) is 1.89. The highest BCUT2D eigenvalue weighted by Crippen LogP contribution is 2.17. The molecule has 66 valence electrons. The summed E-state index contributed by atoms with van der Waals surface area (Å²) in [5.41, 5.74) is 1.40. The number of rotatable bonds is 1. The Kier molecular flexibility index (Phi) is 1.51. The predicted molar refractivity (Wildman–Crippen MR) is 45.6 cm³/mol. The van der Waals surface area contributed by atoms with Crippen molar-refractivity contribution in [3.8, 4) is 0 Å². The second-order valence-corrected chi connectivity index (χ2v) is 2.75. The van der Waals surface area contributed by atoms with Crippen LogP contribution in [0.25, 0.3) is 10.9 Å². The molecule has 0 amide bonds. The number of carboxylic acids is 1. The van der Waals surface area contributed by atoms with Gasteiger partial charge in [-0.15, -0.1) is 0 Å². The Morgan fingerprint density at radius 3 is 3.00 bits per heavy atom. The van der Waals surface area contributed by atoms with Crippen LogP contribution in [0.2, 0.25) is 0 Å². The number of nitrogens with one attached hydrogen (secondary N) is 1. The number of pyridine rings is 1. The Balaban J connectivity index is 2.86. The first kappa shape index (κ1) is 7.72. The molecule has 2 N–H and O–H groups in total. The molecule has 0 aliphatic heterocycles. The average Bonchev–Trinajstić information content (AvgIpc) is 2.53. The van der Waals surface area contributed by atoms with Gasteiger partial charge in [0.2, 0.25) is 0 Å². The van der Waals surface area contributed by atoms with Crippen molar-refractivity contribution in [2.24, 2.45) is 0 Å². The fourth-order valence-electron chi connectivity index (χ4n) is 1.22. The lowest BCUT2D eigenvalue weighted by Crippen LogP contribution is -2.01. The monoisotopic (exact) mass is 177 g/mol. The number of hydrogen-bond acceptors (Lipinski definition) is 3. The fraction of sp³-hybridized carbons (Fsp3) is 0.125. The lowest BCUT2D eigenvalue weighted by Gasteiger charge is -1.97. The first-order chi connectivity index (χ1) is 6.20. The van der Waals surface area contributed by atoms with Crippen molar-refractivity contribution in [3.63, 3.8) is 0 Å². The highest BCUT2D eigenvalue weighted by atomic mass is 16.4. The molecule has 13 heavy (non-hydrogen) atoms. The molecule has 0 bridgehead atoms. The van der Waals surface area contributed by atoms with Crippen LogP contribution in [0.4, 0.5) is 0 Å². The van der Waals surface area contributed by atoms with Crippen molar-refractivity contribution in [1.82, 2.24) is 15.2 Å². The molecule has 0 radical (unpaired) electrons. The summed E-state index contributed by atoms with van der Waals surface area (Å²) >= 11 is 0. The minimum Gasteiger partial charge on any atom is -0.476 e. The van der Waals surface area contributed by atoms with Gasteiger partial charge in [-0.3, -0.25) is 5.10 Å². The Hall–Kier alpha value is -1.91. The van der Waals surface area contributed by atoms with E-state index in [9.17, 15) is 4.79 Å². The van der Waals surface area contributed by atoms with Crippen molar-refractivity contribution in [1.29, 1.82) is 0 Å². The zero-order chi connectivity index (χ0) is 9.42. The Labute approximate surface area is 73.4 Å². The number of aryl methyl sites for hydroxylation is 1. The molecule has 0 fully saturated rings. The number of aromatic amines is 1. The van der Waals surface area contributed by atoms with Gasteiger partial charge in [0.1, 0.15) is 0 Å². The van der Waals surface area contributed by atoms with E-state index in [0.29, 0.717) is 5.52 Å². The van der Waals surface area contributed by atoms with E-state index in [-0.39, 0.29) is 5.69 Å². The molecule has 0 spiro atoms. The van der Waals surface area contributed by atoms with Gasteiger partial charge in [0, 0.05) is 11.6 Å². The average molecular weight is 177 g/mol. The van der Waals surface area contributed by atoms with E-state index in [2.05, 4.69) is 15.2 Å². The predicted octanol–water partition coefficient (Wildman–Crippen LogP) is 0.965. The summed E-state index contributed by atoms with van der Waals surface area (Å²) in [6, 6.07) is 0. The standard InChI is InChI=1S/C8H7N3O2/c1-4-2-9-7(8(12)13)6-5(4)3-10-11-6/h2-3H,1H3,(H,10,11)(H,12,13). The second kappa shape index (κ2) is 2.55. The molecular weight excluding hydrogens is 170 g/mol. The molecular formula is C8H7N3O2. The first-order valence-corrected chi connectivity index (χ1v) is 3.72. The fourth-order valence-corrected chi connectivity index (χ4v) is 1.22. The highest BCUT2D eigenvalue weighted by Gasteiger charge is 2.12. The van der Waals surface area contributed by atoms with E-state index in [1.807, 2.05) is 6.92 Å². The van der Waals surface area contributed by atoms with Crippen LogP contribution in [0.5, 0.6) is 0 Å². The van der Waals surface area contributed by atoms with Crippen molar-refractivity contribution >= 4 is 16.9 Å². The summed E-state index contributed by atoms with van der Waals surface area (Å²) in [5.74, 6) is -1.05. The van der Waals surface area contributed by atoms with E-state index in [1.54, 1.807) is 6.20 Å². The van der Waals surface area contributed by atoms with Gasteiger partial charge < -0.3 is 5.11 Å². The first-order valence-electron chi connectivity index (χ1n) is 3.72. The molecule has 2 aromatic rings. The molecule has 0 aliphatic carbocycles. The summed E-state index contributed by atoms with van der Waals surface area (Å²) in [5, 5.41) is 16.0. The Morgan fingerprint density at radius 1 is 1.54 bits per heavy atom. The zero-order valence-electron chi connectivity index (χ0n) is 6.90. The lowest BCUT2D eigenvalue weighted by molar-refractivity contribution is 0.0692. The van der Waals surface area contributed by atoms with Crippen molar-refractivity contribution < 1.29 is 9.90 Å². The van der Waals surface area contributed by atoms with E-state index in [0.717, 1.165) is 10.9 Å². The maximum absolute atomic E-state index is 10.7. The summed E-state index contributed by atoms with van der Waals surface area (Å²) in [7, 11) is 0. The van der Waals surface area contributed by atoms with E-state index in [4.69, 9.17) is 5.11 Å². The van der Waals surface area contributed by atoms with Crippen LogP contribution < -0.4 is 0 Å². The molecule has 2 aromatic heterocycles. The number of fused-ring (bicyclic) bond motifs is 1.